The number of ether oxygens (including phenoxy) is 1. The van der Waals surface area contributed by atoms with Gasteiger partial charge in [-0.2, -0.15) is 0 Å². The molecule has 1 atom stereocenters. The van der Waals surface area contributed by atoms with Crippen LogP contribution in [0, 0.1) is 0 Å². The Kier molecular flexibility index (Phi) is 4.83. The van der Waals surface area contributed by atoms with Gasteiger partial charge >= 0.3 is 5.69 Å². The maximum absolute atomic E-state index is 12.8. The van der Waals surface area contributed by atoms with E-state index in [2.05, 4.69) is 17.1 Å². The second-order valence-electron chi connectivity index (χ2n) is 7.43. The van der Waals surface area contributed by atoms with E-state index in [1.54, 1.807) is 19.0 Å². The summed E-state index contributed by atoms with van der Waals surface area (Å²) in [5.74, 6) is -0.164. The van der Waals surface area contributed by atoms with Crippen LogP contribution in [0.5, 0.6) is 0 Å². The van der Waals surface area contributed by atoms with Crippen LogP contribution in [-0.4, -0.2) is 49.2 Å². The van der Waals surface area contributed by atoms with Crippen LogP contribution in [0.15, 0.2) is 40.2 Å². The topological polar surface area (TPSA) is 91.4 Å². The fourth-order valence-corrected chi connectivity index (χ4v) is 3.72. The number of fused-ring (bicyclic) bond motifs is 2. The lowest BCUT2D eigenvalue weighted by atomic mass is 9.99. The number of carbonyl (C=O) groups is 1. The summed E-state index contributed by atoms with van der Waals surface area (Å²) in [5, 5.41) is 0. The van der Waals surface area contributed by atoms with Crippen molar-refractivity contribution in [2.45, 2.75) is 25.7 Å². The fourth-order valence-electron chi connectivity index (χ4n) is 3.72. The number of hydrogen-bond acceptors (Lipinski definition) is 5. The number of imidazole rings is 1. The molecule has 0 aliphatic carbocycles. The Labute approximate surface area is 166 Å². The highest BCUT2D eigenvalue weighted by molar-refractivity contribution is 5.78. The molecule has 4 rings (SSSR count). The molecule has 3 heterocycles. The summed E-state index contributed by atoms with van der Waals surface area (Å²) >= 11 is 0. The van der Waals surface area contributed by atoms with Crippen molar-refractivity contribution in [2.24, 2.45) is 14.1 Å². The average molecular weight is 397 g/mol. The molecule has 0 fully saturated rings. The van der Waals surface area contributed by atoms with Crippen LogP contribution in [-0.2, 0) is 43.2 Å². The number of amides is 1. The summed E-state index contributed by atoms with van der Waals surface area (Å²) < 4.78 is 9.70. The van der Waals surface area contributed by atoms with Crippen LogP contribution >= 0.6 is 0 Å². The van der Waals surface area contributed by atoms with Gasteiger partial charge in [0, 0.05) is 34.1 Å². The zero-order chi connectivity index (χ0) is 20.7. The summed E-state index contributed by atoms with van der Waals surface area (Å²) in [6, 6.07) is 8.14. The zero-order valence-corrected chi connectivity index (χ0v) is 16.7. The van der Waals surface area contributed by atoms with Gasteiger partial charge in [-0.3, -0.25) is 18.7 Å². The third-order valence-electron chi connectivity index (χ3n) is 5.47. The molecular weight excluding hydrogens is 374 g/mol. The Hall–Kier alpha value is -3.20. The quantitative estimate of drug-likeness (QED) is 0.620. The summed E-state index contributed by atoms with van der Waals surface area (Å²) in [6.07, 6.45) is 2.10. The number of likely N-dealkylation sites (N-methyl/N-ethyl adjacent to an activating group) is 1. The monoisotopic (exact) mass is 397 g/mol. The molecule has 1 aliphatic rings. The molecule has 0 radical (unpaired) electrons. The first-order valence-corrected chi connectivity index (χ1v) is 9.40. The maximum atomic E-state index is 12.8. The minimum atomic E-state index is -0.469. The first-order chi connectivity index (χ1) is 13.9. The molecular formula is C20H23N5O4. The highest BCUT2D eigenvalue weighted by atomic mass is 16.5. The van der Waals surface area contributed by atoms with Crippen LogP contribution in [0.2, 0.25) is 0 Å². The molecule has 1 aromatic carbocycles. The van der Waals surface area contributed by atoms with Crippen molar-refractivity contribution in [3.8, 4) is 0 Å². The number of rotatable bonds is 4. The van der Waals surface area contributed by atoms with Gasteiger partial charge in [0.2, 0.25) is 5.91 Å². The lowest BCUT2D eigenvalue weighted by Gasteiger charge is -2.29. The van der Waals surface area contributed by atoms with E-state index >= 15 is 0 Å². The van der Waals surface area contributed by atoms with Gasteiger partial charge in [0.25, 0.3) is 5.56 Å². The van der Waals surface area contributed by atoms with Gasteiger partial charge in [0.15, 0.2) is 11.2 Å². The molecule has 152 valence electrons. The largest absolute Gasteiger partial charge is 0.371 e. The third kappa shape index (κ3) is 3.38. The maximum Gasteiger partial charge on any atom is 0.332 e. The van der Waals surface area contributed by atoms with Crippen molar-refractivity contribution in [2.75, 3.05) is 13.6 Å². The minimum Gasteiger partial charge on any atom is -0.371 e. The first kappa shape index (κ1) is 19.1. The Morgan fingerprint density at radius 2 is 1.93 bits per heavy atom. The Balaban J connectivity index is 1.50. The molecule has 0 saturated carbocycles. The van der Waals surface area contributed by atoms with Crippen molar-refractivity contribution in [3.05, 3.63) is 62.6 Å². The van der Waals surface area contributed by atoms with E-state index in [9.17, 15) is 14.4 Å². The van der Waals surface area contributed by atoms with E-state index in [1.165, 1.54) is 33.6 Å². The van der Waals surface area contributed by atoms with Gasteiger partial charge in [0.05, 0.1) is 19.0 Å². The molecule has 0 N–H and O–H groups in total. The number of nitrogens with zero attached hydrogens (tertiary/aromatic N) is 5. The molecule has 9 heteroatoms. The smallest absolute Gasteiger partial charge is 0.332 e. The molecule has 2 aromatic heterocycles. The Morgan fingerprint density at radius 3 is 2.69 bits per heavy atom. The van der Waals surface area contributed by atoms with Gasteiger partial charge in [-0.25, -0.2) is 9.78 Å². The van der Waals surface area contributed by atoms with Crippen molar-refractivity contribution in [3.63, 3.8) is 0 Å². The van der Waals surface area contributed by atoms with Crippen LogP contribution in [0.25, 0.3) is 11.2 Å². The fraction of sp³-hybridized carbons (Fsp3) is 0.400. The molecule has 1 unspecified atom stereocenters. The van der Waals surface area contributed by atoms with E-state index < -0.39 is 11.2 Å². The van der Waals surface area contributed by atoms with E-state index in [0.717, 1.165) is 11.0 Å². The predicted molar refractivity (Wildman–Crippen MR) is 107 cm³/mol. The molecule has 1 aliphatic heterocycles. The van der Waals surface area contributed by atoms with Crippen molar-refractivity contribution < 1.29 is 9.53 Å². The van der Waals surface area contributed by atoms with Gasteiger partial charge in [-0.1, -0.05) is 24.3 Å². The van der Waals surface area contributed by atoms with E-state index in [1.807, 2.05) is 12.1 Å². The van der Waals surface area contributed by atoms with Crippen LogP contribution in [0.4, 0.5) is 0 Å². The van der Waals surface area contributed by atoms with Crippen molar-refractivity contribution in [1.29, 1.82) is 0 Å². The summed E-state index contributed by atoms with van der Waals surface area (Å²) in [6.45, 7) is 0.957. The average Bonchev–Trinajstić information content (AvgIpc) is 3.14. The SMILES string of the molecule is CN(CC1Cc2ccccc2CO1)C(=O)Cn1cnc2c1c(=O)n(C)c(=O)n2C. The zero-order valence-electron chi connectivity index (χ0n) is 16.7. The molecule has 0 spiro atoms. The molecule has 1 amide bonds. The van der Waals surface area contributed by atoms with Crippen molar-refractivity contribution >= 4 is 17.1 Å². The van der Waals surface area contributed by atoms with Gasteiger partial charge in [-0.05, 0) is 11.1 Å². The number of hydrogen-bond donors (Lipinski definition) is 0. The highest BCUT2D eigenvalue weighted by Crippen LogP contribution is 2.20. The molecule has 29 heavy (non-hydrogen) atoms. The van der Waals surface area contributed by atoms with Gasteiger partial charge in [0.1, 0.15) is 6.54 Å². The molecule has 3 aromatic rings. The summed E-state index contributed by atoms with van der Waals surface area (Å²) in [4.78, 5) is 43.1. The third-order valence-corrected chi connectivity index (χ3v) is 5.47. The standard InChI is InChI=1S/C20H23N5O4/c1-22(9-15-8-13-6-4-5-7-14(13)11-29-15)16(26)10-25-12-21-18-17(25)19(27)24(3)20(28)23(18)2/h4-7,12,15H,8-11H2,1-3H3. The van der Waals surface area contributed by atoms with Gasteiger partial charge < -0.3 is 14.2 Å². The predicted octanol–water partition coefficient (Wildman–Crippen LogP) is 0.0336. The number of aryl methyl sites for hydroxylation is 1. The number of carbonyl (C=O) groups excluding carboxylic acids is 1. The highest BCUT2D eigenvalue weighted by Gasteiger charge is 2.23. The number of aromatic nitrogens is 4. The summed E-state index contributed by atoms with van der Waals surface area (Å²) in [7, 11) is 4.68. The van der Waals surface area contributed by atoms with E-state index in [0.29, 0.717) is 13.2 Å². The Morgan fingerprint density at radius 1 is 1.21 bits per heavy atom. The minimum absolute atomic E-state index is 0.0379. The molecule has 9 nitrogen and oxygen atoms in total. The van der Waals surface area contributed by atoms with Crippen molar-refractivity contribution in [1.82, 2.24) is 23.6 Å². The normalized spacial score (nSPS) is 16.0. The second-order valence-corrected chi connectivity index (χ2v) is 7.43. The second kappa shape index (κ2) is 7.32. The van der Waals surface area contributed by atoms with Crippen LogP contribution in [0.3, 0.4) is 0 Å². The van der Waals surface area contributed by atoms with E-state index in [-0.39, 0.29) is 29.7 Å². The summed E-state index contributed by atoms with van der Waals surface area (Å²) in [5.41, 5.74) is 2.01. The van der Waals surface area contributed by atoms with Crippen LogP contribution < -0.4 is 11.2 Å². The molecule has 0 saturated heterocycles. The van der Waals surface area contributed by atoms with Gasteiger partial charge in [-0.15, -0.1) is 0 Å². The Bertz CT molecular complexity index is 1210. The molecule has 0 bridgehead atoms. The lowest BCUT2D eigenvalue weighted by Crippen LogP contribution is -2.40. The number of benzene rings is 1. The lowest BCUT2D eigenvalue weighted by molar-refractivity contribution is -0.132. The van der Waals surface area contributed by atoms with Crippen LogP contribution in [0.1, 0.15) is 11.1 Å². The first-order valence-electron chi connectivity index (χ1n) is 9.40. The van der Waals surface area contributed by atoms with E-state index in [4.69, 9.17) is 4.74 Å².